The molecular weight excluding hydrogens is 665 g/mol. The average molecular weight is 715 g/mol. The van der Waals surface area contributed by atoms with E-state index in [0.29, 0.717) is 0 Å². The van der Waals surface area contributed by atoms with Crippen LogP contribution in [0.15, 0.2) is 176 Å². The molecule has 0 N–H and O–H groups in total. The van der Waals surface area contributed by atoms with Gasteiger partial charge in [0.2, 0.25) is 0 Å². The summed E-state index contributed by atoms with van der Waals surface area (Å²) in [5.74, 6) is 0. The molecule has 0 heterocycles. The molecule has 9 aromatic carbocycles. The van der Waals surface area contributed by atoms with Crippen molar-refractivity contribution in [1.29, 1.82) is 0 Å². The van der Waals surface area contributed by atoms with Crippen molar-refractivity contribution >= 4 is 77.2 Å². The lowest BCUT2D eigenvalue weighted by atomic mass is 9.91. The molecule has 0 aliphatic heterocycles. The predicted molar refractivity (Wildman–Crippen MR) is 243 cm³/mol. The topological polar surface area (TPSA) is 6.48 Å². The van der Waals surface area contributed by atoms with E-state index >= 15 is 0 Å². The Balaban J connectivity index is 0.00000113. The highest BCUT2D eigenvalue weighted by atomic mass is 15.2. The van der Waals surface area contributed by atoms with Crippen LogP contribution in [0.5, 0.6) is 0 Å². The summed E-state index contributed by atoms with van der Waals surface area (Å²) in [6.07, 6.45) is 0. The fourth-order valence-corrected chi connectivity index (χ4v) is 7.64. The first-order chi connectivity index (χ1) is 27.0. The predicted octanol–water partition coefficient (Wildman–Crippen LogP) is 16.2. The maximum absolute atomic E-state index is 2.47. The van der Waals surface area contributed by atoms with Crippen LogP contribution in [0.4, 0.5) is 34.1 Å². The zero-order valence-electron chi connectivity index (χ0n) is 33.1. The molecule has 0 unspecified atom stereocenters. The van der Waals surface area contributed by atoms with Crippen LogP contribution in [0.3, 0.4) is 0 Å². The van der Waals surface area contributed by atoms with Crippen molar-refractivity contribution < 1.29 is 0 Å². The highest BCUT2D eigenvalue weighted by molar-refractivity contribution is 6.24. The number of nitrogens with zero attached hydrogens (tertiary/aromatic N) is 2. The van der Waals surface area contributed by atoms with E-state index < -0.39 is 0 Å². The summed E-state index contributed by atoms with van der Waals surface area (Å²) in [5, 5.41) is 9.73. The van der Waals surface area contributed by atoms with Gasteiger partial charge >= 0.3 is 0 Å². The minimum absolute atomic E-state index is 1.12. The zero-order chi connectivity index (χ0) is 38.5. The van der Waals surface area contributed by atoms with Gasteiger partial charge < -0.3 is 9.80 Å². The molecule has 272 valence electrons. The van der Waals surface area contributed by atoms with E-state index in [1.165, 1.54) is 71.2 Å². The molecule has 0 atom stereocenters. The Bertz CT molecular complexity index is 2730. The Kier molecular flexibility index (Phi) is 11.0. The van der Waals surface area contributed by atoms with Gasteiger partial charge in [0, 0.05) is 44.3 Å². The first-order valence-electron chi connectivity index (χ1n) is 19.7. The number of benzene rings is 9. The van der Waals surface area contributed by atoms with Crippen molar-refractivity contribution in [3.63, 3.8) is 0 Å². The monoisotopic (exact) mass is 714 g/mol. The van der Waals surface area contributed by atoms with E-state index in [2.05, 4.69) is 206 Å². The SMILES string of the molecule is CC.CC.Cc1ccc2c(N(c3ccccc3)c3ccc4ccccc4c3)c3cc(C)c(C)cc3c(N(c3ccccc3)c3ccc4ccccc4c3)c2c1. The molecular formula is C53H50N2. The zero-order valence-corrected chi connectivity index (χ0v) is 33.1. The fraction of sp³-hybridized carbons (Fsp3) is 0.132. The Morgan fingerprint density at radius 2 is 0.673 bits per heavy atom. The maximum atomic E-state index is 2.47. The van der Waals surface area contributed by atoms with Crippen LogP contribution in [-0.4, -0.2) is 0 Å². The van der Waals surface area contributed by atoms with Crippen molar-refractivity contribution in [3.05, 3.63) is 193 Å². The van der Waals surface area contributed by atoms with Crippen molar-refractivity contribution in [2.75, 3.05) is 9.80 Å². The average Bonchev–Trinajstić information content (AvgIpc) is 3.24. The van der Waals surface area contributed by atoms with E-state index in [4.69, 9.17) is 0 Å². The first kappa shape index (κ1) is 37.0. The highest BCUT2D eigenvalue weighted by Gasteiger charge is 2.26. The molecule has 0 saturated carbocycles. The molecule has 0 aliphatic rings. The van der Waals surface area contributed by atoms with Gasteiger partial charge in [0.1, 0.15) is 0 Å². The van der Waals surface area contributed by atoms with Gasteiger partial charge in [-0.25, -0.2) is 0 Å². The number of hydrogen-bond donors (Lipinski definition) is 0. The second-order valence-corrected chi connectivity index (χ2v) is 13.6. The lowest BCUT2D eigenvalue weighted by Gasteiger charge is -2.33. The van der Waals surface area contributed by atoms with E-state index in [1.807, 2.05) is 27.7 Å². The van der Waals surface area contributed by atoms with E-state index in [1.54, 1.807) is 0 Å². The maximum Gasteiger partial charge on any atom is 0.0620 e. The largest absolute Gasteiger partial charge is 0.309 e. The molecule has 55 heavy (non-hydrogen) atoms. The molecule has 0 aromatic heterocycles. The van der Waals surface area contributed by atoms with Gasteiger partial charge in [-0.15, -0.1) is 0 Å². The number of para-hydroxylation sites is 2. The minimum Gasteiger partial charge on any atom is -0.309 e. The van der Waals surface area contributed by atoms with Crippen LogP contribution in [0, 0.1) is 20.8 Å². The molecule has 0 aliphatic carbocycles. The van der Waals surface area contributed by atoms with Gasteiger partial charge in [0.15, 0.2) is 0 Å². The molecule has 9 aromatic rings. The smallest absolute Gasteiger partial charge is 0.0620 e. The van der Waals surface area contributed by atoms with Crippen LogP contribution in [0.2, 0.25) is 0 Å². The Hall–Kier alpha value is -6.38. The third kappa shape index (κ3) is 7.04. The summed E-state index contributed by atoms with van der Waals surface area (Å²) in [4.78, 5) is 4.94. The summed E-state index contributed by atoms with van der Waals surface area (Å²) in [7, 11) is 0. The lowest BCUT2D eigenvalue weighted by Crippen LogP contribution is -2.15. The van der Waals surface area contributed by atoms with Crippen LogP contribution in [0.1, 0.15) is 44.4 Å². The lowest BCUT2D eigenvalue weighted by molar-refractivity contribution is 1.29. The number of aryl methyl sites for hydroxylation is 3. The Morgan fingerprint density at radius 1 is 0.291 bits per heavy atom. The van der Waals surface area contributed by atoms with Crippen molar-refractivity contribution in [2.45, 2.75) is 48.5 Å². The molecule has 0 radical (unpaired) electrons. The van der Waals surface area contributed by atoms with Crippen LogP contribution in [-0.2, 0) is 0 Å². The first-order valence-corrected chi connectivity index (χ1v) is 19.7. The molecule has 0 fully saturated rings. The fourth-order valence-electron chi connectivity index (χ4n) is 7.64. The third-order valence-electron chi connectivity index (χ3n) is 10.3. The second-order valence-electron chi connectivity index (χ2n) is 13.6. The quantitative estimate of drug-likeness (QED) is 0.125. The molecule has 0 amide bonds. The van der Waals surface area contributed by atoms with Crippen molar-refractivity contribution in [3.8, 4) is 0 Å². The van der Waals surface area contributed by atoms with Gasteiger partial charge in [-0.2, -0.15) is 0 Å². The second kappa shape index (κ2) is 16.3. The number of anilines is 6. The van der Waals surface area contributed by atoms with Gasteiger partial charge in [-0.3, -0.25) is 0 Å². The number of hydrogen-bond acceptors (Lipinski definition) is 2. The van der Waals surface area contributed by atoms with E-state index in [-0.39, 0.29) is 0 Å². The van der Waals surface area contributed by atoms with Crippen LogP contribution >= 0.6 is 0 Å². The molecule has 0 saturated heterocycles. The summed E-state index contributed by atoms with van der Waals surface area (Å²) in [6.45, 7) is 14.7. The number of fused-ring (bicyclic) bond motifs is 4. The van der Waals surface area contributed by atoms with Crippen LogP contribution in [0.25, 0.3) is 43.1 Å². The Labute approximate surface area is 326 Å². The number of rotatable bonds is 6. The van der Waals surface area contributed by atoms with Gasteiger partial charge in [0.25, 0.3) is 0 Å². The molecule has 0 spiro atoms. The standard InChI is InChI=1S/C49H38N2.2C2H6/c1-33-22-27-44-45(28-33)49(51(41-20-8-5-9-21-41)43-26-24-37-15-11-13-17-39(37)32-43)47-30-35(3)34(2)29-46(47)48(44)50(40-18-6-4-7-19-40)42-25-23-36-14-10-12-16-38(36)31-42;2*1-2/h4-32H,1-3H3;2*1-2H3. The Morgan fingerprint density at radius 3 is 1.13 bits per heavy atom. The van der Waals surface area contributed by atoms with E-state index in [9.17, 15) is 0 Å². The van der Waals surface area contributed by atoms with Gasteiger partial charge in [-0.05, 0) is 120 Å². The normalized spacial score (nSPS) is 10.8. The summed E-state index contributed by atoms with van der Waals surface area (Å²) in [5.41, 5.74) is 10.6. The molecule has 9 rings (SSSR count). The minimum atomic E-state index is 1.12. The summed E-state index contributed by atoms with van der Waals surface area (Å²) < 4.78 is 0. The van der Waals surface area contributed by atoms with E-state index in [0.717, 1.165) is 22.7 Å². The van der Waals surface area contributed by atoms with Gasteiger partial charge in [0.05, 0.1) is 11.4 Å². The summed E-state index contributed by atoms with van der Waals surface area (Å²) >= 11 is 0. The highest BCUT2D eigenvalue weighted by Crippen LogP contribution is 2.52. The van der Waals surface area contributed by atoms with Crippen molar-refractivity contribution in [1.82, 2.24) is 0 Å². The third-order valence-corrected chi connectivity index (χ3v) is 10.3. The van der Waals surface area contributed by atoms with Crippen molar-refractivity contribution in [2.24, 2.45) is 0 Å². The van der Waals surface area contributed by atoms with Gasteiger partial charge in [-0.1, -0.05) is 142 Å². The van der Waals surface area contributed by atoms with Crippen LogP contribution < -0.4 is 9.80 Å². The molecule has 2 nitrogen and oxygen atoms in total. The molecule has 2 heteroatoms. The summed E-state index contributed by atoms with van der Waals surface area (Å²) in [6, 6.07) is 64.4. The molecule has 0 bridgehead atoms.